The zero-order chi connectivity index (χ0) is 15.4. The Hall–Kier alpha value is -2.41. The van der Waals surface area contributed by atoms with Crippen LogP contribution in [0.1, 0.15) is 22.8 Å². The minimum Gasteiger partial charge on any atom is -0.482 e. The van der Waals surface area contributed by atoms with Crippen molar-refractivity contribution in [3.63, 3.8) is 0 Å². The van der Waals surface area contributed by atoms with Gasteiger partial charge in [0.2, 0.25) is 0 Å². The molecular formula is C15H18N4O3. The molecule has 0 aromatic carbocycles. The molecule has 0 saturated carbocycles. The Morgan fingerprint density at radius 1 is 1.45 bits per heavy atom. The lowest BCUT2D eigenvalue weighted by Gasteiger charge is -2.19. The van der Waals surface area contributed by atoms with Crippen LogP contribution >= 0.6 is 0 Å². The molecule has 0 bridgehead atoms. The van der Waals surface area contributed by atoms with E-state index >= 15 is 0 Å². The first kappa shape index (κ1) is 14.5. The Morgan fingerprint density at radius 3 is 3.14 bits per heavy atom. The lowest BCUT2D eigenvalue weighted by Crippen LogP contribution is -2.45. The molecule has 0 radical (unpaired) electrons. The first-order chi connectivity index (χ1) is 10.8. The standard InChI is InChI=1S/C15H18N4O3/c1-2-10-3-11(5-16-4-10)15(20)19-13-8-21-9-14(13)22-12-6-17-18-7-12/h3-7,13-14H,2,8-9H2,1H3,(H,17,18)(H,19,20)/t13-,14+/m0/s1. The topological polar surface area (TPSA) is 89.1 Å². The first-order valence-corrected chi connectivity index (χ1v) is 7.24. The van der Waals surface area contributed by atoms with Crippen LogP contribution in [0.25, 0.3) is 0 Å². The summed E-state index contributed by atoms with van der Waals surface area (Å²) in [6.07, 6.45) is 7.19. The van der Waals surface area contributed by atoms with Crippen LogP contribution in [0.5, 0.6) is 5.75 Å². The molecule has 2 N–H and O–H groups in total. The molecule has 0 spiro atoms. The van der Waals surface area contributed by atoms with Crippen molar-refractivity contribution in [2.45, 2.75) is 25.5 Å². The van der Waals surface area contributed by atoms with Crippen LogP contribution in [-0.2, 0) is 11.2 Å². The molecule has 7 heteroatoms. The maximum Gasteiger partial charge on any atom is 0.253 e. The molecule has 0 unspecified atom stereocenters. The van der Waals surface area contributed by atoms with Gasteiger partial charge >= 0.3 is 0 Å². The van der Waals surface area contributed by atoms with E-state index in [1.807, 2.05) is 13.0 Å². The Balaban J connectivity index is 1.64. The highest BCUT2D eigenvalue weighted by Gasteiger charge is 2.32. The Bertz CT molecular complexity index is 629. The first-order valence-electron chi connectivity index (χ1n) is 7.24. The van der Waals surface area contributed by atoms with Gasteiger partial charge < -0.3 is 14.8 Å². The molecule has 1 saturated heterocycles. The minimum absolute atomic E-state index is 0.168. The number of ether oxygens (including phenoxy) is 2. The number of aryl methyl sites for hydroxylation is 1. The van der Waals surface area contributed by atoms with E-state index in [1.165, 1.54) is 0 Å². The SMILES string of the molecule is CCc1cncc(C(=O)N[C@H]2COC[C@H]2Oc2cn[nH]c2)c1. The predicted octanol–water partition coefficient (Wildman–Crippen LogP) is 0.943. The largest absolute Gasteiger partial charge is 0.482 e. The smallest absolute Gasteiger partial charge is 0.253 e. The van der Waals surface area contributed by atoms with E-state index < -0.39 is 0 Å². The fourth-order valence-electron chi connectivity index (χ4n) is 2.32. The van der Waals surface area contributed by atoms with Crippen LogP contribution in [0.2, 0.25) is 0 Å². The van der Waals surface area contributed by atoms with Crippen molar-refractivity contribution in [3.05, 3.63) is 42.0 Å². The molecule has 22 heavy (non-hydrogen) atoms. The molecule has 116 valence electrons. The van der Waals surface area contributed by atoms with Crippen molar-refractivity contribution < 1.29 is 14.3 Å². The third-order valence-electron chi connectivity index (χ3n) is 3.57. The lowest BCUT2D eigenvalue weighted by molar-refractivity contribution is 0.0903. The molecule has 7 nitrogen and oxygen atoms in total. The van der Waals surface area contributed by atoms with Crippen LogP contribution in [0.4, 0.5) is 0 Å². The summed E-state index contributed by atoms with van der Waals surface area (Å²) < 4.78 is 11.2. The number of hydrogen-bond donors (Lipinski definition) is 2. The fourth-order valence-corrected chi connectivity index (χ4v) is 2.32. The Kier molecular flexibility index (Phi) is 4.34. The Labute approximate surface area is 128 Å². The van der Waals surface area contributed by atoms with Gasteiger partial charge in [0.15, 0.2) is 5.75 Å². The number of H-pyrrole nitrogens is 1. The van der Waals surface area contributed by atoms with Gasteiger partial charge in [0.1, 0.15) is 6.10 Å². The van der Waals surface area contributed by atoms with Crippen molar-refractivity contribution in [1.82, 2.24) is 20.5 Å². The van der Waals surface area contributed by atoms with Gasteiger partial charge in [-0.3, -0.25) is 14.9 Å². The van der Waals surface area contributed by atoms with Gasteiger partial charge in [-0.05, 0) is 18.1 Å². The maximum absolute atomic E-state index is 12.3. The second kappa shape index (κ2) is 6.57. The van der Waals surface area contributed by atoms with Gasteiger partial charge in [-0.15, -0.1) is 0 Å². The molecule has 3 rings (SSSR count). The average Bonchev–Trinajstić information content (AvgIpc) is 3.20. The van der Waals surface area contributed by atoms with Crippen molar-refractivity contribution in [2.24, 2.45) is 0 Å². The number of aromatic nitrogens is 3. The molecule has 1 aliphatic rings. The van der Waals surface area contributed by atoms with E-state index in [2.05, 4.69) is 20.5 Å². The summed E-state index contributed by atoms with van der Waals surface area (Å²) in [5.74, 6) is 0.462. The summed E-state index contributed by atoms with van der Waals surface area (Å²) in [6, 6.07) is 1.65. The second-order valence-corrected chi connectivity index (χ2v) is 5.14. The number of rotatable bonds is 5. The number of hydrogen-bond acceptors (Lipinski definition) is 5. The number of carbonyl (C=O) groups excluding carboxylic acids is 1. The van der Waals surface area contributed by atoms with E-state index in [1.54, 1.807) is 24.8 Å². The Morgan fingerprint density at radius 2 is 2.36 bits per heavy atom. The lowest BCUT2D eigenvalue weighted by atomic mass is 10.1. The quantitative estimate of drug-likeness (QED) is 0.858. The van der Waals surface area contributed by atoms with Gasteiger partial charge in [0.05, 0.1) is 37.2 Å². The monoisotopic (exact) mass is 302 g/mol. The highest BCUT2D eigenvalue weighted by atomic mass is 16.5. The number of pyridine rings is 1. The highest BCUT2D eigenvalue weighted by Crippen LogP contribution is 2.16. The maximum atomic E-state index is 12.3. The van der Waals surface area contributed by atoms with Crippen molar-refractivity contribution in [2.75, 3.05) is 13.2 Å². The van der Waals surface area contributed by atoms with Crippen molar-refractivity contribution >= 4 is 5.91 Å². The molecule has 1 aliphatic heterocycles. The number of nitrogens with one attached hydrogen (secondary N) is 2. The summed E-state index contributed by atoms with van der Waals surface area (Å²) in [4.78, 5) is 16.4. The molecule has 1 amide bonds. The van der Waals surface area contributed by atoms with Gasteiger partial charge in [0, 0.05) is 12.4 Å². The van der Waals surface area contributed by atoms with Crippen LogP contribution in [0, 0.1) is 0 Å². The number of amides is 1. The van der Waals surface area contributed by atoms with Crippen LogP contribution in [0.15, 0.2) is 30.9 Å². The number of carbonyl (C=O) groups is 1. The molecule has 2 aromatic rings. The number of aromatic amines is 1. The van der Waals surface area contributed by atoms with Gasteiger partial charge in [0.25, 0.3) is 5.91 Å². The minimum atomic E-state index is -0.233. The van der Waals surface area contributed by atoms with Crippen molar-refractivity contribution in [1.29, 1.82) is 0 Å². The second-order valence-electron chi connectivity index (χ2n) is 5.14. The molecule has 2 atom stereocenters. The summed E-state index contributed by atoms with van der Waals surface area (Å²) in [5, 5.41) is 9.47. The fraction of sp³-hybridized carbons (Fsp3) is 0.400. The summed E-state index contributed by atoms with van der Waals surface area (Å²) in [6.45, 7) is 2.89. The van der Waals surface area contributed by atoms with E-state index in [4.69, 9.17) is 9.47 Å². The van der Waals surface area contributed by atoms with E-state index in [0.717, 1.165) is 12.0 Å². The molecular weight excluding hydrogens is 284 g/mol. The van der Waals surface area contributed by atoms with Crippen LogP contribution in [-0.4, -0.2) is 46.4 Å². The molecule has 0 aliphatic carbocycles. The van der Waals surface area contributed by atoms with E-state index in [-0.39, 0.29) is 18.1 Å². The summed E-state index contributed by atoms with van der Waals surface area (Å²) in [7, 11) is 0. The highest BCUT2D eigenvalue weighted by molar-refractivity contribution is 5.94. The molecule has 3 heterocycles. The van der Waals surface area contributed by atoms with Crippen molar-refractivity contribution in [3.8, 4) is 5.75 Å². The normalized spacial score (nSPS) is 20.8. The zero-order valence-corrected chi connectivity index (χ0v) is 12.3. The van der Waals surface area contributed by atoms with Crippen LogP contribution < -0.4 is 10.1 Å². The third-order valence-corrected chi connectivity index (χ3v) is 3.57. The molecule has 2 aromatic heterocycles. The summed E-state index contributed by atoms with van der Waals surface area (Å²) in [5.41, 5.74) is 1.58. The zero-order valence-electron chi connectivity index (χ0n) is 12.3. The average molecular weight is 302 g/mol. The van der Waals surface area contributed by atoms with Gasteiger partial charge in [-0.2, -0.15) is 5.10 Å². The van der Waals surface area contributed by atoms with Gasteiger partial charge in [-0.25, -0.2) is 0 Å². The molecule has 1 fully saturated rings. The van der Waals surface area contributed by atoms with E-state index in [0.29, 0.717) is 24.5 Å². The van der Waals surface area contributed by atoms with Gasteiger partial charge in [-0.1, -0.05) is 6.92 Å². The third kappa shape index (κ3) is 3.25. The van der Waals surface area contributed by atoms with Crippen LogP contribution in [0.3, 0.4) is 0 Å². The number of nitrogens with zero attached hydrogens (tertiary/aromatic N) is 2. The predicted molar refractivity (Wildman–Crippen MR) is 78.7 cm³/mol. The summed E-state index contributed by atoms with van der Waals surface area (Å²) >= 11 is 0. The van der Waals surface area contributed by atoms with E-state index in [9.17, 15) is 4.79 Å².